The molecular weight excluding hydrogens is 228 g/mol. The van der Waals surface area contributed by atoms with Gasteiger partial charge in [-0.15, -0.1) is 0 Å². The number of rotatable bonds is 2. The second-order valence-corrected chi connectivity index (χ2v) is 5.13. The van der Waals surface area contributed by atoms with E-state index in [1.54, 1.807) is 12.3 Å². The Morgan fingerprint density at radius 1 is 1.50 bits per heavy atom. The lowest BCUT2D eigenvalue weighted by atomic mass is 9.94. The molecule has 2 aliphatic heterocycles. The molecule has 18 heavy (non-hydrogen) atoms. The standard InChI is InChI=1S/C13H18N4O/c14-13(18)11-6-10(3-5-16-11)17-7-9-2-1-4-15-12(9)8-17/h3,5-6,9,12,15H,1-2,4,7-8H2,(H2,14,18)/t9-,12+/m0/s1. The number of nitrogens with zero attached hydrogens (tertiary/aromatic N) is 2. The lowest BCUT2D eigenvalue weighted by molar-refractivity contribution is 0.0995. The normalized spacial score (nSPS) is 27.0. The Kier molecular flexibility index (Phi) is 2.91. The van der Waals surface area contributed by atoms with Crippen LogP contribution in [-0.2, 0) is 0 Å². The predicted molar refractivity (Wildman–Crippen MR) is 69.5 cm³/mol. The van der Waals surface area contributed by atoms with E-state index in [-0.39, 0.29) is 0 Å². The van der Waals surface area contributed by atoms with Crippen LogP contribution in [-0.4, -0.2) is 36.6 Å². The molecule has 96 valence electrons. The summed E-state index contributed by atoms with van der Waals surface area (Å²) >= 11 is 0. The first-order chi connectivity index (χ1) is 8.74. The minimum atomic E-state index is -0.466. The number of hydrogen-bond donors (Lipinski definition) is 2. The summed E-state index contributed by atoms with van der Waals surface area (Å²) in [7, 11) is 0. The largest absolute Gasteiger partial charge is 0.370 e. The minimum absolute atomic E-state index is 0.343. The lowest BCUT2D eigenvalue weighted by Gasteiger charge is -2.24. The summed E-state index contributed by atoms with van der Waals surface area (Å²) in [5.74, 6) is 0.260. The number of nitrogens with two attached hydrogens (primary N) is 1. The molecule has 0 saturated carbocycles. The molecule has 0 spiro atoms. The van der Waals surface area contributed by atoms with Gasteiger partial charge in [0.25, 0.3) is 5.91 Å². The number of pyridine rings is 1. The topological polar surface area (TPSA) is 71.2 Å². The van der Waals surface area contributed by atoms with E-state index in [1.807, 2.05) is 6.07 Å². The maximum Gasteiger partial charge on any atom is 0.267 e. The highest BCUT2D eigenvalue weighted by molar-refractivity contribution is 5.91. The molecule has 1 aromatic heterocycles. The maximum absolute atomic E-state index is 11.1. The Morgan fingerprint density at radius 3 is 3.17 bits per heavy atom. The van der Waals surface area contributed by atoms with Crippen molar-refractivity contribution in [2.75, 3.05) is 24.5 Å². The highest BCUT2D eigenvalue weighted by atomic mass is 16.1. The third kappa shape index (κ3) is 2.06. The average Bonchev–Trinajstić information content (AvgIpc) is 2.82. The Hall–Kier alpha value is -1.62. The number of piperidine rings is 1. The quantitative estimate of drug-likeness (QED) is 0.791. The van der Waals surface area contributed by atoms with Crippen LogP contribution in [0, 0.1) is 5.92 Å². The Balaban J connectivity index is 1.79. The van der Waals surface area contributed by atoms with Gasteiger partial charge in [0.2, 0.25) is 0 Å². The Labute approximate surface area is 106 Å². The predicted octanol–water partition coefficient (Wildman–Crippen LogP) is 0.369. The van der Waals surface area contributed by atoms with Crippen molar-refractivity contribution in [2.24, 2.45) is 11.7 Å². The van der Waals surface area contributed by atoms with Gasteiger partial charge in [-0.2, -0.15) is 0 Å². The highest BCUT2D eigenvalue weighted by Gasteiger charge is 2.34. The van der Waals surface area contributed by atoms with Gasteiger partial charge in [0.1, 0.15) is 5.69 Å². The van der Waals surface area contributed by atoms with E-state index in [0.29, 0.717) is 11.7 Å². The first-order valence-corrected chi connectivity index (χ1v) is 6.48. The SMILES string of the molecule is NC(=O)c1cc(N2C[C@@H]3CCCN[C@@H]3C2)ccn1. The van der Waals surface area contributed by atoms with Crippen molar-refractivity contribution in [3.63, 3.8) is 0 Å². The van der Waals surface area contributed by atoms with E-state index < -0.39 is 5.91 Å². The molecule has 2 saturated heterocycles. The first kappa shape index (κ1) is 11.5. The summed E-state index contributed by atoms with van der Waals surface area (Å²) in [6, 6.07) is 4.33. The number of carbonyl (C=O) groups excluding carboxylic acids is 1. The molecule has 1 amide bonds. The van der Waals surface area contributed by atoms with E-state index in [0.717, 1.165) is 31.2 Å². The second kappa shape index (κ2) is 4.57. The van der Waals surface area contributed by atoms with Gasteiger partial charge in [0.05, 0.1) is 0 Å². The summed E-state index contributed by atoms with van der Waals surface area (Å²) in [6.07, 6.45) is 4.21. The number of amides is 1. The molecule has 2 aliphatic rings. The van der Waals surface area contributed by atoms with Crippen LogP contribution in [0.4, 0.5) is 5.69 Å². The molecule has 3 N–H and O–H groups in total. The molecule has 3 rings (SSSR count). The van der Waals surface area contributed by atoms with E-state index in [4.69, 9.17) is 5.73 Å². The minimum Gasteiger partial charge on any atom is -0.370 e. The summed E-state index contributed by atoms with van der Waals surface area (Å²) in [6.45, 7) is 3.19. The number of anilines is 1. The van der Waals surface area contributed by atoms with Crippen LogP contribution in [0.15, 0.2) is 18.3 Å². The van der Waals surface area contributed by atoms with Crippen LogP contribution in [0.2, 0.25) is 0 Å². The van der Waals surface area contributed by atoms with Gasteiger partial charge in [-0.25, -0.2) is 0 Å². The fourth-order valence-electron chi connectivity index (χ4n) is 3.01. The van der Waals surface area contributed by atoms with E-state index >= 15 is 0 Å². The van der Waals surface area contributed by atoms with Crippen LogP contribution in [0.5, 0.6) is 0 Å². The summed E-state index contributed by atoms with van der Waals surface area (Å²) in [5, 5.41) is 3.57. The molecule has 2 fully saturated rings. The van der Waals surface area contributed by atoms with Crippen molar-refractivity contribution >= 4 is 11.6 Å². The van der Waals surface area contributed by atoms with Crippen LogP contribution in [0.1, 0.15) is 23.3 Å². The first-order valence-electron chi connectivity index (χ1n) is 6.48. The highest BCUT2D eigenvalue weighted by Crippen LogP contribution is 2.28. The van der Waals surface area contributed by atoms with E-state index in [9.17, 15) is 4.79 Å². The molecule has 0 radical (unpaired) electrons. The molecule has 0 bridgehead atoms. The van der Waals surface area contributed by atoms with Crippen LogP contribution < -0.4 is 16.0 Å². The number of carbonyl (C=O) groups is 1. The van der Waals surface area contributed by atoms with E-state index in [2.05, 4.69) is 15.2 Å². The molecule has 2 atom stereocenters. The summed E-state index contributed by atoms with van der Waals surface area (Å²) in [5.41, 5.74) is 6.66. The fraction of sp³-hybridized carbons (Fsp3) is 0.538. The van der Waals surface area contributed by atoms with Crippen molar-refractivity contribution in [3.05, 3.63) is 24.0 Å². The van der Waals surface area contributed by atoms with Gasteiger partial charge in [-0.3, -0.25) is 9.78 Å². The van der Waals surface area contributed by atoms with Crippen molar-refractivity contribution in [1.82, 2.24) is 10.3 Å². The Bertz CT molecular complexity index is 448. The van der Waals surface area contributed by atoms with Crippen molar-refractivity contribution in [3.8, 4) is 0 Å². The lowest BCUT2D eigenvalue weighted by Crippen LogP contribution is -2.40. The number of nitrogens with one attached hydrogen (secondary N) is 1. The van der Waals surface area contributed by atoms with Crippen LogP contribution >= 0.6 is 0 Å². The third-order valence-corrected chi connectivity index (χ3v) is 3.96. The van der Waals surface area contributed by atoms with Gasteiger partial charge < -0.3 is 16.0 Å². The smallest absolute Gasteiger partial charge is 0.267 e. The van der Waals surface area contributed by atoms with Gasteiger partial charge >= 0.3 is 0 Å². The molecule has 0 aliphatic carbocycles. The molecular formula is C13H18N4O. The van der Waals surface area contributed by atoms with Crippen molar-refractivity contribution in [2.45, 2.75) is 18.9 Å². The van der Waals surface area contributed by atoms with Crippen molar-refractivity contribution in [1.29, 1.82) is 0 Å². The maximum atomic E-state index is 11.1. The van der Waals surface area contributed by atoms with Gasteiger partial charge in [-0.05, 0) is 37.4 Å². The van der Waals surface area contributed by atoms with Crippen LogP contribution in [0.25, 0.3) is 0 Å². The van der Waals surface area contributed by atoms with Gasteiger partial charge in [0, 0.05) is 31.0 Å². The zero-order chi connectivity index (χ0) is 12.5. The zero-order valence-corrected chi connectivity index (χ0v) is 10.3. The number of hydrogen-bond acceptors (Lipinski definition) is 4. The molecule has 5 heteroatoms. The second-order valence-electron chi connectivity index (χ2n) is 5.13. The van der Waals surface area contributed by atoms with Gasteiger partial charge in [0.15, 0.2) is 0 Å². The molecule has 0 aromatic carbocycles. The molecule has 3 heterocycles. The summed E-state index contributed by atoms with van der Waals surface area (Å²) in [4.78, 5) is 17.5. The fourth-order valence-corrected chi connectivity index (χ4v) is 3.01. The Morgan fingerprint density at radius 2 is 2.39 bits per heavy atom. The molecule has 5 nitrogen and oxygen atoms in total. The number of primary amides is 1. The third-order valence-electron chi connectivity index (χ3n) is 3.96. The summed E-state index contributed by atoms with van der Waals surface area (Å²) < 4.78 is 0. The van der Waals surface area contributed by atoms with Gasteiger partial charge in [-0.1, -0.05) is 0 Å². The van der Waals surface area contributed by atoms with E-state index in [1.165, 1.54) is 12.8 Å². The van der Waals surface area contributed by atoms with Crippen molar-refractivity contribution < 1.29 is 4.79 Å². The molecule has 1 aromatic rings. The zero-order valence-electron chi connectivity index (χ0n) is 10.3. The van der Waals surface area contributed by atoms with Crippen LogP contribution in [0.3, 0.4) is 0 Å². The average molecular weight is 246 g/mol. The number of fused-ring (bicyclic) bond motifs is 1. The monoisotopic (exact) mass is 246 g/mol. The molecule has 0 unspecified atom stereocenters. The number of aromatic nitrogens is 1.